The Morgan fingerprint density at radius 2 is 1.84 bits per heavy atom. The van der Waals surface area contributed by atoms with Gasteiger partial charge in [-0.25, -0.2) is 9.07 Å². The first-order chi connectivity index (χ1) is 17.7. The number of aromatic nitrogens is 2. The molecule has 3 unspecified atom stereocenters. The second kappa shape index (κ2) is 10.1. The van der Waals surface area contributed by atoms with Crippen molar-refractivity contribution in [3.63, 3.8) is 0 Å². The van der Waals surface area contributed by atoms with Gasteiger partial charge in [-0.05, 0) is 80.1 Å². The van der Waals surface area contributed by atoms with Gasteiger partial charge < -0.3 is 10.4 Å². The minimum Gasteiger partial charge on any atom is -0.391 e. The Balaban J connectivity index is 1.50. The third kappa shape index (κ3) is 5.16. The topological polar surface area (TPSA) is 67.2 Å². The third-order valence-electron chi connectivity index (χ3n) is 7.88. The number of hydrogen-bond acceptors (Lipinski definition) is 3. The maximum absolute atomic E-state index is 13.6. The molecule has 37 heavy (non-hydrogen) atoms. The van der Waals surface area contributed by atoms with E-state index < -0.39 is 11.5 Å². The number of amides is 1. The lowest BCUT2D eigenvalue weighted by atomic mass is 9.71. The van der Waals surface area contributed by atoms with Gasteiger partial charge in [-0.3, -0.25) is 4.79 Å². The standard InChI is InChI=1S/C31H34FN3O2/c1-20-7-9-21(10-8-20)17-26(31(2,3)30(37)34-27-5-4-6-29(27)36)22-11-16-28-23(18-22)19-33-35(28)25-14-12-24(32)13-15-25/h7-16,18-19,26-27,29,36H,4-6,17H2,1-3H3,(H,34,37). The van der Waals surface area contributed by atoms with Crippen molar-refractivity contribution < 1.29 is 14.3 Å². The zero-order valence-electron chi connectivity index (χ0n) is 21.6. The number of carbonyl (C=O) groups is 1. The maximum atomic E-state index is 13.6. The van der Waals surface area contributed by atoms with Crippen molar-refractivity contribution in [2.75, 3.05) is 0 Å². The summed E-state index contributed by atoms with van der Waals surface area (Å²) < 4.78 is 15.2. The molecule has 1 aliphatic carbocycles. The first kappa shape index (κ1) is 25.2. The van der Waals surface area contributed by atoms with E-state index in [0.29, 0.717) is 6.42 Å². The molecule has 3 atom stereocenters. The highest BCUT2D eigenvalue weighted by Crippen LogP contribution is 2.40. The van der Waals surface area contributed by atoms with Crippen molar-refractivity contribution >= 4 is 16.8 Å². The lowest BCUT2D eigenvalue weighted by molar-refractivity contribution is -0.132. The van der Waals surface area contributed by atoms with Crippen LogP contribution in [0.2, 0.25) is 0 Å². The molecule has 0 spiro atoms. The zero-order chi connectivity index (χ0) is 26.2. The predicted octanol–water partition coefficient (Wildman–Crippen LogP) is 5.86. The molecule has 0 radical (unpaired) electrons. The molecule has 1 heterocycles. The summed E-state index contributed by atoms with van der Waals surface area (Å²) in [6, 6.07) is 20.7. The SMILES string of the molecule is Cc1ccc(CC(c2ccc3c(cnn3-c3ccc(F)cc3)c2)C(C)(C)C(=O)NC2CCCC2O)cc1. The van der Waals surface area contributed by atoms with Crippen LogP contribution in [-0.2, 0) is 11.2 Å². The molecule has 5 rings (SSSR count). The molecular formula is C31H34FN3O2. The number of hydrogen-bond donors (Lipinski definition) is 2. The molecule has 3 aromatic carbocycles. The lowest BCUT2D eigenvalue weighted by Gasteiger charge is -2.35. The molecule has 1 saturated carbocycles. The number of rotatable bonds is 7. The average Bonchev–Trinajstić information content (AvgIpc) is 3.49. The first-order valence-corrected chi connectivity index (χ1v) is 13.0. The summed E-state index contributed by atoms with van der Waals surface area (Å²) in [6.45, 7) is 6.06. The highest BCUT2D eigenvalue weighted by Gasteiger charge is 2.40. The van der Waals surface area contributed by atoms with Crippen LogP contribution >= 0.6 is 0 Å². The molecular weight excluding hydrogens is 465 g/mol. The van der Waals surface area contributed by atoms with Gasteiger partial charge in [-0.15, -0.1) is 0 Å². The third-order valence-corrected chi connectivity index (χ3v) is 7.88. The number of nitrogens with zero attached hydrogens (tertiary/aromatic N) is 2. The van der Waals surface area contributed by atoms with Crippen molar-refractivity contribution in [3.8, 4) is 5.69 Å². The quantitative estimate of drug-likeness (QED) is 0.335. The van der Waals surface area contributed by atoms with Gasteiger partial charge in [-0.1, -0.05) is 49.7 Å². The summed E-state index contributed by atoms with van der Waals surface area (Å²) in [6.07, 6.45) is 4.49. The number of halogens is 1. The summed E-state index contributed by atoms with van der Waals surface area (Å²) >= 11 is 0. The van der Waals surface area contributed by atoms with E-state index in [2.05, 4.69) is 53.7 Å². The number of benzene rings is 3. The van der Waals surface area contributed by atoms with Crippen LogP contribution in [0.3, 0.4) is 0 Å². The Bertz CT molecular complexity index is 1390. The van der Waals surface area contributed by atoms with Gasteiger partial charge >= 0.3 is 0 Å². The Hall–Kier alpha value is -3.51. The van der Waals surface area contributed by atoms with Gasteiger partial charge in [0.15, 0.2) is 0 Å². The molecule has 2 N–H and O–H groups in total. The molecule has 4 aromatic rings. The van der Waals surface area contributed by atoms with E-state index in [0.717, 1.165) is 41.4 Å². The smallest absolute Gasteiger partial charge is 0.226 e. The van der Waals surface area contributed by atoms with Crippen LogP contribution < -0.4 is 5.32 Å². The first-order valence-electron chi connectivity index (χ1n) is 13.0. The van der Waals surface area contributed by atoms with Crippen LogP contribution in [0.5, 0.6) is 0 Å². The van der Waals surface area contributed by atoms with Crippen molar-refractivity contribution in [1.29, 1.82) is 0 Å². The summed E-state index contributed by atoms with van der Waals surface area (Å²) in [5.74, 6) is -0.433. The van der Waals surface area contributed by atoms with E-state index in [-0.39, 0.29) is 23.7 Å². The summed E-state index contributed by atoms with van der Waals surface area (Å²) in [5.41, 5.74) is 4.39. The van der Waals surface area contributed by atoms with Gasteiger partial charge in [0.25, 0.3) is 0 Å². The predicted molar refractivity (Wildman–Crippen MR) is 144 cm³/mol. The molecule has 192 valence electrons. The van der Waals surface area contributed by atoms with Crippen LogP contribution in [0, 0.1) is 18.2 Å². The Kier molecular flexibility index (Phi) is 6.86. The molecule has 6 heteroatoms. The summed E-state index contributed by atoms with van der Waals surface area (Å²) in [5, 5.41) is 19.0. The van der Waals surface area contributed by atoms with Gasteiger partial charge in [0, 0.05) is 11.3 Å². The van der Waals surface area contributed by atoms with E-state index in [4.69, 9.17) is 0 Å². The van der Waals surface area contributed by atoms with E-state index in [1.807, 2.05) is 26.1 Å². The minimum absolute atomic E-state index is 0.0438. The summed E-state index contributed by atoms with van der Waals surface area (Å²) in [7, 11) is 0. The number of aliphatic hydroxyl groups is 1. The van der Waals surface area contributed by atoms with Crippen molar-refractivity contribution in [1.82, 2.24) is 15.1 Å². The Morgan fingerprint density at radius 3 is 2.51 bits per heavy atom. The highest BCUT2D eigenvalue weighted by molar-refractivity contribution is 5.85. The van der Waals surface area contributed by atoms with Gasteiger partial charge in [-0.2, -0.15) is 5.10 Å². The summed E-state index contributed by atoms with van der Waals surface area (Å²) in [4.78, 5) is 13.6. The average molecular weight is 500 g/mol. The molecule has 1 amide bonds. The molecule has 0 aliphatic heterocycles. The largest absolute Gasteiger partial charge is 0.391 e. The Morgan fingerprint density at radius 1 is 1.11 bits per heavy atom. The molecule has 1 aliphatic rings. The number of fused-ring (bicyclic) bond motifs is 1. The van der Waals surface area contributed by atoms with Crippen LogP contribution in [0.15, 0.2) is 72.9 Å². The van der Waals surface area contributed by atoms with Crippen LogP contribution in [0.25, 0.3) is 16.6 Å². The van der Waals surface area contributed by atoms with E-state index in [1.165, 1.54) is 23.3 Å². The van der Waals surface area contributed by atoms with Gasteiger partial charge in [0.2, 0.25) is 5.91 Å². The Labute approximate surface area is 217 Å². The molecule has 0 bridgehead atoms. The van der Waals surface area contributed by atoms with E-state index in [1.54, 1.807) is 16.8 Å². The highest BCUT2D eigenvalue weighted by atomic mass is 19.1. The fourth-order valence-corrected chi connectivity index (χ4v) is 5.43. The number of aliphatic hydroxyl groups excluding tert-OH is 1. The fourth-order valence-electron chi connectivity index (χ4n) is 5.43. The lowest BCUT2D eigenvalue weighted by Crippen LogP contribution is -2.48. The van der Waals surface area contributed by atoms with Crippen molar-refractivity contribution in [3.05, 3.63) is 95.4 Å². The zero-order valence-corrected chi connectivity index (χ0v) is 21.6. The number of nitrogens with one attached hydrogen (secondary N) is 1. The van der Waals surface area contributed by atoms with Crippen molar-refractivity contribution in [2.24, 2.45) is 5.41 Å². The minimum atomic E-state index is -0.728. The second-order valence-corrected chi connectivity index (χ2v) is 10.9. The van der Waals surface area contributed by atoms with Crippen LogP contribution in [0.1, 0.15) is 55.7 Å². The fraction of sp³-hybridized carbons (Fsp3) is 0.355. The van der Waals surface area contributed by atoms with Gasteiger partial charge in [0.1, 0.15) is 5.82 Å². The van der Waals surface area contributed by atoms with Crippen LogP contribution in [0.4, 0.5) is 4.39 Å². The van der Waals surface area contributed by atoms with E-state index >= 15 is 0 Å². The molecule has 1 fully saturated rings. The number of aryl methyl sites for hydroxylation is 1. The molecule has 0 saturated heterocycles. The van der Waals surface area contributed by atoms with Crippen LogP contribution in [-0.4, -0.2) is 32.9 Å². The normalized spacial score (nSPS) is 18.7. The van der Waals surface area contributed by atoms with Crippen molar-refractivity contribution in [2.45, 2.75) is 64.5 Å². The molecule has 1 aromatic heterocycles. The number of carbonyl (C=O) groups excluding carboxylic acids is 1. The van der Waals surface area contributed by atoms with Gasteiger partial charge in [0.05, 0.1) is 35.0 Å². The van der Waals surface area contributed by atoms with E-state index in [9.17, 15) is 14.3 Å². The monoisotopic (exact) mass is 499 g/mol. The second-order valence-electron chi connectivity index (χ2n) is 10.9. The maximum Gasteiger partial charge on any atom is 0.226 e. The molecule has 5 nitrogen and oxygen atoms in total.